The Hall–Kier alpha value is -4.70. The van der Waals surface area contributed by atoms with Crippen LogP contribution in [0, 0.1) is 0 Å². The van der Waals surface area contributed by atoms with Gasteiger partial charge in [-0.05, 0) is 91.6 Å². The van der Waals surface area contributed by atoms with Crippen molar-refractivity contribution in [2.24, 2.45) is 0 Å². The standard InChI is InChI=1S/C16H16O4.C15H14O3.C4H10O2/c1-11(17)10-20-15-8-6-13(7-9-15)12-2-4-14(5-3-12)16(18)19;1-2-18-15(17)13-5-3-11(4-6-13)12-7-9-14(16)10-8-12;1-4(5)3-6-2/h2-9,11,17H,10H2,1H3,(H,18,19);3-10,16H,2H2,1H3;4-5H,3H2,1-2H3. The topological polar surface area (TPSA) is 143 Å². The number of hydrogen-bond donors (Lipinski definition) is 4. The predicted octanol–water partition coefficient (Wildman–Crippen LogP) is 6.06. The lowest BCUT2D eigenvalue weighted by Gasteiger charge is -2.09. The van der Waals surface area contributed by atoms with Gasteiger partial charge in [0.15, 0.2) is 0 Å². The average Bonchev–Trinajstić information content (AvgIpc) is 3.01. The van der Waals surface area contributed by atoms with E-state index in [-0.39, 0.29) is 30.0 Å². The van der Waals surface area contributed by atoms with E-state index in [9.17, 15) is 14.7 Å². The fourth-order valence-corrected chi connectivity index (χ4v) is 3.67. The number of carbonyl (C=O) groups is 2. The Kier molecular flexibility index (Phi) is 15.1. The molecular formula is C35H40O9. The number of carbonyl (C=O) groups excluding carboxylic acids is 1. The number of aromatic carboxylic acids is 1. The molecule has 4 N–H and O–H groups in total. The molecule has 0 radical (unpaired) electrons. The van der Waals surface area contributed by atoms with Gasteiger partial charge in [-0.15, -0.1) is 0 Å². The van der Waals surface area contributed by atoms with Crippen molar-refractivity contribution in [1.29, 1.82) is 0 Å². The van der Waals surface area contributed by atoms with Crippen molar-refractivity contribution in [3.63, 3.8) is 0 Å². The minimum absolute atomic E-state index is 0.238. The summed E-state index contributed by atoms with van der Waals surface area (Å²) in [6.07, 6.45) is -0.826. The number of rotatable bonds is 10. The zero-order chi connectivity index (χ0) is 32.5. The highest BCUT2D eigenvalue weighted by Gasteiger charge is 2.07. The maximum atomic E-state index is 11.5. The SMILES string of the molecule is CC(O)COc1ccc(-c2ccc(C(=O)O)cc2)cc1.CCOC(=O)c1ccc(-c2ccc(O)cc2)cc1.COCC(C)O. The minimum Gasteiger partial charge on any atom is -0.508 e. The van der Waals surface area contributed by atoms with E-state index in [2.05, 4.69) is 4.74 Å². The van der Waals surface area contributed by atoms with Gasteiger partial charge in [-0.2, -0.15) is 0 Å². The van der Waals surface area contributed by atoms with Gasteiger partial charge in [0, 0.05) is 7.11 Å². The summed E-state index contributed by atoms with van der Waals surface area (Å²) >= 11 is 0. The summed E-state index contributed by atoms with van der Waals surface area (Å²) in [7, 11) is 1.56. The summed E-state index contributed by atoms with van der Waals surface area (Å²) in [5.41, 5.74) is 4.71. The van der Waals surface area contributed by atoms with Crippen LogP contribution < -0.4 is 4.74 Å². The summed E-state index contributed by atoms with van der Waals surface area (Å²) in [6.45, 7) is 6.19. The van der Waals surface area contributed by atoms with Crippen LogP contribution in [0.25, 0.3) is 22.3 Å². The van der Waals surface area contributed by atoms with Gasteiger partial charge in [-0.25, -0.2) is 9.59 Å². The first-order valence-electron chi connectivity index (χ1n) is 14.0. The summed E-state index contributed by atoms with van der Waals surface area (Å²) < 4.78 is 14.9. The van der Waals surface area contributed by atoms with E-state index in [0.29, 0.717) is 24.5 Å². The molecule has 0 spiro atoms. The van der Waals surface area contributed by atoms with Gasteiger partial charge in [0.25, 0.3) is 0 Å². The number of aromatic hydroxyl groups is 1. The van der Waals surface area contributed by atoms with Crippen LogP contribution >= 0.6 is 0 Å². The Labute approximate surface area is 257 Å². The Morgan fingerprint density at radius 2 is 1.07 bits per heavy atom. The Morgan fingerprint density at radius 1 is 0.659 bits per heavy atom. The lowest BCUT2D eigenvalue weighted by molar-refractivity contribution is 0.0525. The van der Waals surface area contributed by atoms with Crippen LogP contribution in [-0.2, 0) is 9.47 Å². The van der Waals surface area contributed by atoms with Crippen LogP contribution in [0.2, 0.25) is 0 Å². The maximum absolute atomic E-state index is 11.5. The number of esters is 1. The van der Waals surface area contributed by atoms with E-state index >= 15 is 0 Å². The smallest absolute Gasteiger partial charge is 0.338 e. The summed E-state index contributed by atoms with van der Waals surface area (Å²) in [4.78, 5) is 22.3. The molecule has 0 saturated heterocycles. The number of aliphatic hydroxyl groups excluding tert-OH is 2. The number of hydrogen-bond acceptors (Lipinski definition) is 8. The molecule has 44 heavy (non-hydrogen) atoms. The predicted molar refractivity (Wildman–Crippen MR) is 169 cm³/mol. The molecule has 4 aromatic rings. The molecule has 0 aliphatic heterocycles. The Bertz CT molecular complexity index is 1400. The molecule has 0 heterocycles. The lowest BCUT2D eigenvalue weighted by Crippen LogP contribution is -2.12. The number of methoxy groups -OCH3 is 1. The van der Waals surface area contributed by atoms with E-state index < -0.39 is 12.1 Å². The maximum Gasteiger partial charge on any atom is 0.338 e. The molecule has 0 saturated carbocycles. The number of carboxylic acids is 1. The number of ether oxygens (including phenoxy) is 3. The van der Waals surface area contributed by atoms with Crippen LogP contribution in [0.4, 0.5) is 0 Å². The van der Waals surface area contributed by atoms with Gasteiger partial charge < -0.3 is 34.6 Å². The van der Waals surface area contributed by atoms with E-state index in [1.165, 1.54) is 0 Å². The first kappa shape index (κ1) is 35.5. The minimum atomic E-state index is -0.932. The van der Waals surface area contributed by atoms with Gasteiger partial charge in [0.05, 0.1) is 36.5 Å². The molecule has 4 rings (SSSR count). The molecule has 0 bridgehead atoms. The fraction of sp³-hybridized carbons (Fsp3) is 0.257. The average molecular weight is 605 g/mol. The second-order valence-electron chi connectivity index (χ2n) is 9.72. The second-order valence-corrected chi connectivity index (χ2v) is 9.72. The van der Waals surface area contributed by atoms with Crippen LogP contribution in [-0.4, -0.2) is 71.5 Å². The molecule has 2 unspecified atom stereocenters. The van der Waals surface area contributed by atoms with Crippen molar-refractivity contribution in [3.05, 3.63) is 108 Å². The molecule has 2 atom stereocenters. The van der Waals surface area contributed by atoms with Gasteiger partial charge in [-0.1, -0.05) is 48.5 Å². The highest BCUT2D eigenvalue weighted by Crippen LogP contribution is 2.24. The van der Waals surface area contributed by atoms with E-state index in [1.807, 2.05) is 48.5 Å². The van der Waals surface area contributed by atoms with Gasteiger partial charge >= 0.3 is 11.9 Å². The molecule has 0 aromatic heterocycles. The number of carboxylic acid groups (broad SMARTS) is 1. The summed E-state index contributed by atoms with van der Waals surface area (Å²) in [6, 6.07) is 28.3. The molecule has 4 aromatic carbocycles. The second kappa shape index (κ2) is 18.8. The molecule has 9 heteroatoms. The molecule has 0 amide bonds. The third-order valence-electron chi connectivity index (χ3n) is 5.82. The Balaban J connectivity index is 0.000000261. The largest absolute Gasteiger partial charge is 0.508 e. The van der Waals surface area contributed by atoms with E-state index in [0.717, 1.165) is 22.3 Å². The molecule has 9 nitrogen and oxygen atoms in total. The third kappa shape index (κ3) is 12.7. The van der Waals surface area contributed by atoms with Crippen molar-refractivity contribution in [2.75, 3.05) is 26.9 Å². The Morgan fingerprint density at radius 3 is 1.43 bits per heavy atom. The summed E-state index contributed by atoms with van der Waals surface area (Å²) in [5, 5.41) is 35.6. The van der Waals surface area contributed by atoms with Crippen molar-refractivity contribution >= 4 is 11.9 Å². The van der Waals surface area contributed by atoms with Gasteiger partial charge in [0.2, 0.25) is 0 Å². The molecule has 0 fully saturated rings. The fourth-order valence-electron chi connectivity index (χ4n) is 3.67. The van der Waals surface area contributed by atoms with Gasteiger partial charge in [0.1, 0.15) is 18.1 Å². The summed E-state index contributed by atoms with van der Waals surface area (Å²) in [5.74, 6) is -0.313. The van der Waals surface area contributed by atoms with Gasteiger partial charge in [-0.3, -0.25) is 0 Å². The van der Waals surface area contributed by atoms with E-state index in [4.69, 9.17) is 24.8 Å². The first-order chi connectivity index (χ1) is 21.0. The third-order valence-corrected chi connectivity index (χ3v) is 5.82. The molecule has 234 valence electrons. The zero-order valence-electron chi connectivity index (χ0n) is 25.3. The number of aliphatic hydroxyl groups is 2. The lowest BCUT2D eigenvalue weighted by atomic mass is 10.0. The van der Waals surface area contributed by atoms with Crippen LogP contribution in [0.1, 0.15) is 41.5 Å². The normalized spacial score (nSPS) is 11.5. The molecular weight excluding hydrogens is 564 g/mol. The molecule has 0 aliphatic rings. The van der Waals surface area contributed by atoms with Crippen LogP contribution in [0.5, 0.6) is 11.5 Å². The first-order valence-corrected chi connectivity index (χ1v) is 14.0. The number of phenolic OH excluding ortho intramolecular Hbond substituents is 1. The van der Waals surface area contributed by atoms with Crippen molar-refractivity contribution in [1.82, 2.24) is 0 Å². The number of benzene rings is 4. The quantitative estimate of drug-likeness (QED) is 0.159. The van der Waals surface area contributed by atoms with Crippen molar-refractivity contribution < 1.29 is 44.2 Å². The van der Waals surface area contributed by atoms with Crippen molar-refractivity contribution in [2.45, 2.75) is 33.0 Å². The van der Waals surface area contributed by atoms with E-state index in [1.54, 1.807) is 76.4 Å². The van der Waals surface area contributed by atoms with Crippen LogP contribution in [0.3, 0.4) is 0 Å². The monoisotopic (exact) mass is 604 g/mol. The van der Waals surface area contributed by atoms with Crippen molar-refractivity contribution in [3.8, 4) is 33.8 Å². The molecule has 0 aliphatic carbocycles. The highest BCUT2D eigenvalue weighted by molar-refractivity contribution is 5.90. The number of phenols is 1. The van der Waals surface area contributed by atoms with Crippen LogP contribution in [0.15, 0.2) is 97.1 Å². The highest BCUT2D eigenvalue weighted by atomic mass is 16.5. The zero-order valence-corrected chi connectivity index (χ0v) is 25.3.